The number of H-pyrrole nitrogens is 1. The van der Waals surface area contributed by atoms with Crippen LogP contribution in [-0.2, 0) is 4.79 Å². The molecule has 6 nitrogen and oxygen atoms in total. The van der Waals surface area contributed by atoms with Crippen LogP contribution in [0.25, 0.3) is 5.69 Å². The van der Waals surface area contributed by atoms with Crippen LogP contribution in [0.4, 0.5) is 5.82 Å². The van der Waals surface area contributed by atoms with Gasteiger partial charge in [0.05, 0.1) is 10.7 Å². The lowest BCUT2D eigenvalue weighted by Gasteiger charge is -2.04. The topological polar surface area (TPSA) is 79.8 Å². The zero-order valence-electron chi connectivity index (χ0n) is 12.8. The van der Waals surface area contributed by atoms with Gasteiger partial charge < -0.3 is 5.32 Å². The van der Waals surface area contributed by atoms with Gasteiger partial charge in [0, 0.05) is 24.4 Å². The van der Waals surface area contributed by atoms with E-state index in [1.807, 2.05) is 48.5 Å². The van der Waals surface area contributed by atoms with E-state index in [-0.39, 0.29) is 11.5 Å². The highest BCUT2D eigenvalue weighted by Crippen LogP contribution is 2.15. The number of nitrogens with one attached hydrogen (secondary N) is 2. The summed E-state index contributed by atoms with van der Waals surface area (Å²) >= 11 is 1.52. The van der Waals surface area contributed by atoms with E-state index in [1.54, 1.807) is 6.20 Å². The predicted molar refractivity (Wildman–Crippen MR) is 94.6 cm³/mol. The molecule has 1 aromatic carbocycles. The van der Waals surface area contributed by atoms with Gasteiger partial charge in [-0.3, -0.25) is 14.7 Å². The highest BCUT2D eigenvalue weighted by molar-refractivity contribution is 7.99. The second-order valence-corrected chi connectivity index (χ2v) is 6.11. The van der Waals surface area contributed by atoms with E-state index in [0.717, 1.165) is 5.03 Å². The van der Waals surface area contributed by atoms with Crippen molar-refractivity contribution in [2.75, 3.05) is 11.1 Å². The number of aromatic nitrogens is 3. The average molecular weight is 340 g/mol. The number of rotatable bonds is 6. The van der Waals surface area contributed by atoms with Crippen molar-refractivity contribution < 1.29 is 4.79 Å². The fourth-order valence-electron chi connectivity index (χ4n) is 2.12. The summed E-state index contributed by atoms with van der Waals surface area (Å²) < 4.78 is 1.39. The maximum atomic E-state index is 12.0. The molecule has 0 saturated carbocycles. The number of nitrogens with zero attached hydrogens (tertiary/aromatic N) is 2. The highest BCUT2D eigenvalue weighted by Gasteiger charge is 2.08. The Balaban J connectivity index is 1.56. The molecule has 0 radical (unpaired) electrons. The number of hydrogen-bond donors (Lipinski definition) is 2. The van der Waals surface area contributed by atoms with Crippen LogP contribution in [0.5, 0.6) is 0 Å². The molecule has 24 heavy (non-hydrogen) atoms. The van der Waals surface area contributed by atoms with Gasteiger partial charge in [-0.15, -0.1) is 11.8 Å². The first-order valence-corrected chi connectivity index (χ1v) is 8.42. The SMILES string of the molecule is O=C(CCSc1ccccn1)Nc1cc(=O)n(-c2ccccc2)[nH]1. The molecule has 2 heterocycles. The van der Waals surface area contributed by atoms with Gasteiger partial charge in [0.2, 0.25) is 5.91 Å². The fourth-order valence-corrected chi connectivity index (χ4v) is 2.93. The van der Waals surface area contributed by atoms with Crippen molar-refractivity contribution in [3.8, 4) is 5.69 Å². The van der Waals surface area contributed by atoms with E-state index in [2.05, 4.69) is 15.4 Å². The monoisotopic (exact) mass is 340 g/mol. The van der Waals surface area contributed by atoms with Crippen LogP contribution in [0.3, 0.4) is 0 Å². The minimum absolute atomic E-state index is 0.153. The average Bonchev–Trinajstić information content (AvgIpc) is 2.97. The number of amides is 1. The first-order chi connectivity index (χ1) is 11.7. The van der Waals surface area contributed by atoms with Crippen LogP contribution in [0.2, 0.25) is 0 Å². The maximum absolute atomic E-state index is 12.0. The number of thioether (sulfide) groups is 1. The van der Waals surface area contributed by atoms with Gasteiger partial charge in [-0.2, -0.15) is 0 Å². The molecule has 2 aromatic heterocycles. The highest BCUT2D eigenvalue weighted by atomic mass is 32.2. The van der Waals surface area contributed by atoms with Crippen molar-refractivity contribution in [3.05, 3.63) is 71.1 Å². The van der Waals surface area contributed by atoms with E-state index < -0.39 is 0 Å². The summed E-state index contributed by atoms with van der Waals surface area (Å²) in [6.45, 7) is 0. The molecule has 0 aliphatic heterocycles. The fraction of sp³-hybridized carbons (Fsp3) is 0.118. The number of carbonyl (C=O) groups is 1. The molecule has 0 fully saturated rings. The van der Waals surface area contributed by atoms with Gasteiger partial charge in [-0.05, 0) is 24.3 Å². The second kappa shape index (κ2) is 7.65. The zero-order valence-corrected chi connectivity index (χ0v) is 13.6. The Bertz CT molecular complexity index is 859. The molecule has 0 saturated heterocycles. The summed E-state index contributed by atoms with van der Waals surface area (Å²) in [5.41, 5.74) is 0.494. The Morgan fingerprint density at radius 2 is 1.96 bits per heavy atom. The largest absolute Gasteiger partial charge is 0.311 e. The number of hydrogen-bond acceptors (Lipinski definition) is 4. The molecule has 0 unspecified atom stereocenters. The summed E-state index contributed by atoms with van der Waals surface area (Å²) in [7, 11) is 0. The van der Waals surface area contributed by atoms with E-state index in [9.17, 15) is 9.59 Å². The second-order valence-electron chi connectivity index (χ2n) is 4.99. The third-order valence-corrected chi connectivity index (χ3v) is 4.17. The van der Waals surface area contributed by atoms with Crippen molar-refractivity contribution in [1.82, 2.24) is 14.8 Å². The molecule has 3 rings (SSSR count). The van der Waals surface area contributed by atoms with Crippen LogP contribution in [0.15, 0.2) is 70.6 Å². The Labute approximate surface area is 142 Å². The molecule has 0 aliphatic carbocycles. The van der Waals surface area contributed by atoms with Crippen LogP contribution >= 0.6 is 11.8 Å². The predicted octanol–water partition coefficient (Wildman–Crippen LogP) is 2.68. The standard InChI is InChI=1S/C17H16N4O2S/c22-15(9-11-24-16-8-4-5-10-18-16)19-14-12-17(23)21(20-14)13-6-2-1-3-7-13/h1-8,10,12,20H,9,11H2,(H,19,22). The van der Waals surface area contributed by atoms with E-state index in [1.165, 1.54) is 22.5 Å². The molecule has 1 amide bonds. The van der Waals surface area contributed by atoms with E-state index in [0.29, 0.717) is 23.7 Å². The van der Waals surface area contributed by atoms with Gasteiger partial charge >= 0.3 is 0 Å². The molecular weight excluding hydrogens is 324 g/mol. The Hall–Kier alpha value is -2.80. The number of para-hydroxylation sites is 1. The van der Waals surface area contributed by atoms with Crippen molar-refractivity contribution in [1.29, 1.82) is 0 Å². The Morgan fingerprint density at radius 1 is 1.17 bits per heavy atom. The van der Waals surface area contributed by atoms with E-state index in [4.69, 9.17) is 0 Å². The van der Waals surface area contributed by atoms with Crippen molar-refractivity contribution >= 4 is 23.5 Å². The maximum Gasteiger partial charge on any atom is 0.273 e. The first kappa shape index (κ1) is 16.1. The summed E-state index contributed by atoms with van der Waals surface area (Å²) in [4.78, 5) is 28.2. The van der Waals surface area contributed by atoms with E-state index >= 15 is 0 Å². The molecular formula is C17H16N4O2S. The van der Waals surface area contributed by atoms with Gasteiger partial charge in [0.1, 0.15) is 5.82 Å². The zero-order chi connectivity index (χ0) is 16.8. The van der Waals surface area contributed by atoms with Crippen LogP contribution in [0.1, 0.15) is 6.42 Å². The molecule has 3 aromatic rings. The minimum Gasteiger partial charge on any atom is -0.311 e. The summed E-state index contributed by atoms with van der Waals surface area (Å²) in [5.74, 6) is 0.850. The summed E-state index contributed by atoms with van der Waals surface area (Å²) in [6.07, 6.45) is 2.05. The quantitative estimate of drug-likeness (QED) is 0.676. The van der Waals surface area contributed by atoms with Gasteiger partial charge in [0.15, 0.2) is 0 Å². The first-order valence-electron chi connectivity index (χ1n) is 7.43. The number of carbonyl (C=O) groups excluding carboxylic acids is 1. The molecule has 2 N–H and O–H groups in total. The lowest BCUT2D eigenvalue weighted by Crippen LogP contribution is -2.13. The van der Waals surface area contributed by atoms with Crippen molar-refractivity contribution in [2.24, 2.45) is 0 Å². The van der Waals surface area contributed by atoms with Crippen LogP contribution in [0, 0.1) is 0 Å². The third kappa shape index (κ3) is 4.14. The number of aromatic amines is 1. The summed E-state index contributed by atoms with van der Waals surface area (Å²) in [5, 5.41) is 6.48. The third-order valence-electron chi connectivity index (χ3n) is 3.23. The Morgan fingerprint density at radius 3 is 2.71 bits per heavy atom. The van der Waals surface area contributed by atoms with Crippen molar-refractivity contribution in [3.63, 3.8) is 0 Å². The lowest BCUT2D eigenvalue weighted by molar-refractivity contribution is -0.115. The van der Waals surface area contributed by atoms with Crippen LogP contribution in [-0.4, -0.2) is 26.4 Å². The number of anilines is 1. The Kier molecular flexibility index (Phi) is 5.12. The smallest absolute Gasteiger partial charge is 0.273 e. The number of benzene rings is 1. The molecule has 7 heteroatoms. The van der Waals surface area contributed by atoms with Crippen LogP contribution < -0.4 is 10.9 Å². The molecule has 0 spiro atoms. The molecule has 0 bridgehead atoms. The molecule has 0 aliphatic rings. The molecule has 0 atom stereocenters. The van der Waals surface area contributed by atoms with Gasteiger partial charge in [-0.25, -0.2) is 9.67 Å². The van der Waals surface area contributed by atoms with Gasteiger partial charge in [-0.1, -0.05) is 24.3 Å². The lowest BCUT2D eigenvalue weighted by atomic mass is 10.3. The normalized spacial score (nSPS) is 10.5. The van der Waals surface area contributed by atoms with Gasteiger partial charge in [0.25, 0.3) is 5.56 Å². The summed E-state index contributed by atoms with van der Waals surface area (Å²) in [6, 6.07) is 16.2. The van der Waals surface area contributed by atoms with Crippen molar-refractivity contribution in [2.45, 2.75) is 11.4 Å². The molecule has 122 valence electrons. The minimum atomic E-state index is -0.223. The number of pyridine rings is 1.